The Labute approximate surface area is 95.7 Å². The molecule has 2 atom stereocenters. The first-order valence-electron chi connectivity index (χ1n) is 4.97. The maximum atomic E-state index is 9.36. The molecule has 0 aliphatic heterocycles. The Morgan fingerprint density at radius 3 is 2.50 bits per heavy atom. The predicted molar refractivity (Wildman–Crippen MR) is 66.0 cm³/mol. The van der Waals surface area contributed by atoms with Gasteiger partial charge in [-0.25, -0.2) is 0 Å². The summed E-state index contributed by atoms with van der Waals surface area (Å²) in [7, 11) is 0. The molecule has 0 spiro atoms. The summed E-state index contributed by atoms with van der Waals surface area (Å²) in [4.78, 5) is 9.36. The molecule has 0 saturated heterocycles. The van der Waals surface area contributed by atoms with E-state index in [9.17, 15) is 4.89 Å². The van der Waals surface area contributed by atoms with Gasteiger partial charge in [-0.05, 0) is 30.6 Å². The highest BCUT2D eigenvalue weighted by atomic mass is 32.9. The smallest absolute Gasteiger partial charge is 0.241 e. The van der Waals surface area contributed by atoms with Crippen LogP contribution >= 0.6 is 17.9 Å². The molecule has 1 saturated carbocycles. The van der Waals surface area contributed by atoms with E-state index in [1.807, 2.05) is 0 Å². The Hall–Kier alpha value is 0.880. The minimum absolute atomic E-state index is 0.108. The maximum absolute atomic E-state index is 9.36. The topological polar surface area (TPSA) is 55.5 Å². The second kappa shape index (κ2) is 5.83. The van der Waals surface area contributed by atoms with Crippen molar-refractivity contribution in [2.75, 3.05) is 6.54 Å². The van der Waals surface area contributed by atoms with Crippen LogP contribution in [0.1, 0.15) is 32.1 Å². The van der Waals surface area contributed by atoms with Crippen molar-refractivity contribution < 1.29 is 9.42 Å². The van der Waals surface area contributed by atoms with Crippen molar-refractivity contribution in [2.45, 2.75) is 38.2 Å². The number of hydrogen-bond donors (Lipinski definition) is 3. The average Bonchev–Trinajstić information content (AvgIpc) is 2.14. The lowest BCUT2D eigenvalue weighted by molar-refractivity contribution is 0.119. The molecular weight excluding hydrogens is 237 g/mol. The molecule has 1 fully saturated rings. The third-order valence-corrected chi connectivity index (χ3v) is 3.77. The minimum Gasteiger partial charge on any atom is -0.338 e. The van der Waals surface area contributed by atoms with Crippen molar-refractivity contribution >= 4 is 29.7 Å². The summed E-state index contributed by atoms with van der Waals surface area (Å²) in [5, 5.41) is 0. The van der Waals surface area contributed by atoms with Gasteiger partial charge < -0.3 is 15.2 Å². The summed E-state index contributed by atoms with van der Waals surface area (Å²) >= 11 is 8.62. The first-order chi connectivity index (χ1) is 6.53. The molecule has 3 nitrogen and oxygen atoms in total. The first-order valence-corrected chi connectivity index (χ1v) is 8.79. The van der Waals surface area contributed by atoms with Gasteiger partial charge in [0.25, 0.3) is 0 Å². The minimum atomic E-state index is -2.86. The Bertz CT molecular complexity index is 215. The van der Waals surface area contributed by atoms with Gasteiger partial charge in [0.2, 0.25) is 5.69 Å². The van der Waals surface area contributed by atoms with E-state index in [0.717, 1.165) is 12.8 Å². The van der Waals surface area contributed by atoms with Crippen LogP contribution in [0.25, 0.3) is 0 Å². The first kappa shape index (κ1) is 12.9. The van der Waals surface area contributed by atoms with E-state index in [2.05, 4.69) is 12.2 Å². The van der Waals surface area contributed by atoms with Crippen molar-refractivity contribution in [1.29, 1.82) is 0 Å². The standard InChI is InChI=1S/C8H18NO2PS2/c9-6-8(11-12(10,13)14)7-4-2-1-3-5-7/h7-8H,1-6,9H2,(H2,10,13,14). The monoisotopic (exact) mass is 255 g/mol. The van der Waals surface area contributed by atoms with Crippen LogP contribution in [0.5, 0.6) is 0 Å². The molecule has 0 heterocycles. The summed E-state index contributed by atoms with van der Waals surface area (Å²) in [5.74, 6) is 0.454. The highest BCUT2D eigenvalue weighted by molar-refractivity contribution is 8.59. The zero-order chi connectivity index (χ0) is 10.6. The summed E-state index contributed by atoms with van der Waals surface area (Å²) in [6, 6.07) is 0. The normalized spacial score (nSPS) is 25.6. The molecule has 1 rings (SSSR count). The quantitative estimate of drug-likeness (QED) is 0.531. The van der Waals surface area contributed by atoms with Gasteiger partial charge >= 0.3 is 0 Å². The molecule has 1 aliphatic rings. The van der Waals surface area contributed by atoms with Crippen molar-refractivity contribution in [1.82, 2.24) is 0 Å². The van der Waals surface area contributed by atoms with Crippen LogP contribution in [0.2, 0.25) is 0 Å². The van der Waals surface area contributed by atoms with Crippen molar-refractivity contribution in [3.63, 3.8) is 0 Å². The van der Waals surface area contributed by atoms with Crippen LogP contribution in [0.15, 0.2) is 0 Å². The van der Waals surface area contributed by atoms with Crippen LogP contribution < -0.4 is 5.73 Å². The second-order valence-corrected chi connectivity index (χ2v) is 8.88. The Morgan fingerprint density at radius 2 is 2.07 bits per heavy atom. The van der Waals surface area contributed by atoms with Crippen LogP contribution in [-0.4, -0.2) is 17.5 Å². The van der Waals surface area contributed by atoms with Crippen LogP contribution in [-0.2, 0) is 16.3 Å². The lowest BCUT2D eigenvalue weighted by Gasteiger charge is -2.30. The van der Waals surface area contributed by atoms with Crippen LogP contribution in [0.4, 0.5) is 0 Å². The Morgan fingerprint density at radius 1 is 1.50 bits per heavy atom. The fourth-order valence-corrected chi connectivity index (χ4v) is 3.31. The number of nitrogens with two attached hydrogens (primary N) is 1. The lowest BCUT2D eigenvalue weighted by Crippen LogP contribution is -2.32. The molecule has 0 aromatic heterocycles. The van der Waals surface area contributed by atoms with Crippen LogP contribution in [0, 0.1) is 5.92 Å². The summed E-state index contributed by atoms with van der Waals surface area (Å²) in [6.07, 6.45) is 5.90. The van der Waals surface area contributed by atoms with E-state index >= 15 is 0 Å². The van der Waals surface area contributed by atoms with Gasteiger partial charge in [0.05, 0.1) is 6.10 Å². The zero-order valence-corrected chi connectivity index (χ0v) is 10.7. The Kier molecular flexibility index (Phi) is 5.39. The SMILES string of the molecule is NCC(OP(O)(=S)S)C1CCCCC1. The molecule has 2 unspecified atom stereocenters. The number of thiol groups is 1. The van der Waals surface area contributed by atoms with E-state index in [-0.39, 0.29) is 6.10 Å². The Balaban J connectivity index is 2.47. The third kappa shape index (κ3) is 4.60. The summed E-state index contributed by atoms with van der Waals surface area (Å²) in [5.41, 5.74) is 2.75. The molecule has 84 valence electrons. The summed E-state index contributed by atoms with van der Waals surface area (Å²) < 4.78 is 5.35. The lowest BCUT2D eigenvalue weighted by atomic mass is 9.85. The second-order valence-electron chi connectivity index (χ2n) is 3.77. The van der Waals surface area contributed by atoms with Gasteiger partial charge in [-0.3, -0.25) is 0 Å². The zero-order valence-electron chi connectivity index (χ0n) is 8.13. The van der Waals surface area contributed by atoms with E-state index in [1.165, 1.54) is 19.3 Å². The molecular formula is C8H18NO2PS2. The number of hydrogen-bond acceptors (Lipinski definition) is 3. The van der Waals surface area contributed by atoms with Gasteiger partial charge in [0, 0.05) is 6.54 Å². The third-order valence-electron chi connectivity index (χ3n) is 2.68. The molecule has 3 N–H and O–H groups in total. The van der Waals surface area contributed by atoms with E-state index in [4.69, 9.17) is 22.1 Å². The number of rotatable bonds is 4. The molecule has 0 aromatic carbocycles. The molecule has 1 aliphatic carbocycles. The van der Waals surface area contributed by atoms with Gasteiger partial charge in [0.15, 0.2) is 0 Å². The molecule has 0 bridgehead atoms. The van der Waals surface area contributed by atoms with E-state index in [1.54, 1.807) is 0 Å². The van der Waals surface area contributed by atoms with Crippen LogP contribution in [0.3, 0.4) is 0 Å². The molecule has 0 radical (unpaired) electrons. The predicted octanol–water partition coefficient (Wildman–Crippen LogP) is 2.06. The van der Waals surface area contributed by atoms with E-state index < -0.39 is 5.69 Å². The highest BCUT2D eigenvalue weighted by Crippen LogP contribution is 2.50. The van der Waals surface area contributed by atoms with Crippen molar-refractivity contribution in [3.05, 3.63) is 0 Å². The molecule has 0 amide bonds. The molecule has 14 heavy (non-hydrogen) atoms. The fourth-order valence-electron chi connectivity index (χ4n) is 2.00. The highest BCUT2D eigenvalue weighted by Gasteiger charge is 2.26. The van der Waals surface area contributed by atoms with Gasteiger partial charge in [-0.2, -0.15) is 0 Å². The largest absolute Gasteiger partial charge is 0.338 e. The van der Waals surface area contributed by atoms with Gasteiger partial charge in [0.1, 0.15) is 0 Å². The van der Waals surface area contributed by atoms with E-state index in [0.29, 0.717) is 12.5 Å². The maximum Gasteiger partial charge on any atom is 0.241 e. The molecule has 6 heteroatoms. The van der Waals surface area contributed by atoms with Crippen molar-refractivity contribution in [3.8, 4) is 0 Å². The van der Waals surface area contributed by atoms with Crippen molar-refractivity contribution in [2.24, 2.45) is 11.7 Å². The van der Waals surface area contributed by atoms with Gasteiger partial charge in [-0.1, -0.05) is 31.5 Å². The summed E-state index contributed by atoms with van der Waals surface area (Å²) in [6.45, 7) is 0.421. The average molecular weight is 255 g/mol. The fraction of sp³-hybridized carbons (Fsp3) is 1.00. The van der Waals surface area contributed by atoms with Gasteiger partial charge in [-0.15, -0.1) is 0 Å². The molecule has 0 aromatic rings.